The maximum Gasteiger partial charge on any atom is 0.140 e. The van der Waals surface area contributed by atoms with Gasteiger partial charge in [0.15, 0.2) is 0 Å². The fraction of sp³-hybridized carbons (Fsp3) is 0.250. The second-order valence-corrected chi connectivity index (χ2v) is 7.29. The Hall–Kier alpha value is -2.58. The molecule has 0 bridgehead atoms. The van der Waals surface area contributed by atoms with Crippen LogP contribution in [0.15, 0.2) is 77.2 Å². The summed E-state index contributed by atoms with van der Waals surface area (Å²) in [6.45, 7) is 2.15. The molecule has 1 saturated heterocycles. The van der Waals surface area contributed by atoms with Crippen molar-refractivity contribution in [2.45, 2.75) is 31.8 Å². The summed E-state index contributed by atoms with van der Waals surface area (Å²) in [5, 5.41) is 2.46. The summed E-state index contributed by atoms with van der Waals surface area (Å²) in [6.07, 6.45) is 3.76. The molecule has 0 saturated carbocycles. The largest absolute Gasteiger partial charge is 0.456 e. The Kier molecular flexibility index (Phi) is 3.99. The minimum Gasteiger partial charge on any atom is -0.456 e. The zero-order valence-electron chi connectivity index (χ0n) is 14.9. The van der Waals surface area contributed by atoms with Gasteiger partial charge in [0.1, 0.15) is 11.2 Å². The molecule has 4 aromatic rings. The van der Waals surface area contributed by atoms with Crippen molar-refractivity contribution in [2.24, 2.45) is 0 Å². The number of furan rings is 1. The van der Waals surface area contributed by atoms with E-state index in [1.54, 1.807) is 0 Å². The predicted octanol–water partition coefficient (Wildman–Crippen LogP) is 6.31. The van der Waals surface area contributed by atoms with Crippen molar-refractivity contribution in [3.8, 4) is 0 Å². The molecule has 0 spiro atoms. The van der Waals surface area contributed by atoms with Crippen LogP contribution in [0.4, 0.5) is 0 Å². The summed E-state index contributed by atoms with van der Waals surface area (Å²) in [5.41, 5.74) is 4.78. The van der Waals surface area contributed by atoms with Crippen molar-refractivity contribution in [3.05, 3.63) is 83.9 Å². The maximum absolute atomic E-state index is 6.31. The molecule has 1 aliphatic heterocycles. The van der Waals surface area contributed by atoms with Gasteiger partial charge in [-0.1, -0.05) is 73.2 Å². The van der Waals surface area contributed by atoms with Gasteiger partial charge in [0, 0.05) is 28.9 Å². The molecule has 0 unspecified atom stereocenters. The molecule has 130 valence electrons. The minimum absolute atomic E-state index is 0.424. The van der Waals surface area contributed by atoms with E-state index in [1.807, 2.05) is 6.07 Å². The van der Waals surface area contributed by atoms with Crippen molar-refractivity contribution < 1.29 is 4.42 Å². The summed E-state index contributed by atoms with van der Waals surface area (Å²) < 4.78 is 6.31. The number of para-hydroxylation sites is 2. The molecule has 1 fully saturated rings. The zero-order chi connectivity index (χ0) is 17.3. The highest BCUT2D eigenvalue weighted by Gasteiger charge is 2.27. The third-order valence-electron chi connectivity index (χ3n) is 5.64. The van der Waals surface area contributed by atoms with Crippen LogP contribution in [0.3, 0.4) is 0 Å². The zero-order valence-corrected chi connectivity index (χ0v) is 14.9. The van der Waals surface area contributed by atoms with Crippen molar-refractivity contribution in [1.29, 1.82) is 0 Å². The fourth-order valence-electron chi connectivity index (χ4n) is 4.38. The van der Waals surface area contributed by atoms with Crippen LogP contribution >= 0.6 is 0 Å². The summed E-state index contributed by atoms with van der Waals surface area (Å²) in [5.74, 6) is 0. The van der Waals surface area contributed by atoms with E-state index in [1.165, 1.54) is 41.2 Å². The van der Waals surface area contributed by atoms with Crippen LogP contribution in [-0.4, -0.2) is 11.4 Å². The van der Waals surface area contributed by atoms with E-state index in [-0.39, 0.29) is 0 Å². The van der Waals surface area contributed by atoms with Crippen LogP contribution in [0.2, 0.25) is 0 Å². The standard InChI is InChI=1S/C24H23NO/c1-2-9-18(10-3-1)17-25-16-7-6-14-22(25)21-13-8-12-20-19-11-4-5-15-23(19)26-24(20)21/h1-5,8-13,15,22H,6-7,14,16-17H2/t22-/m1/s1. The van der Waals surface area contributed by atoms with E-state index >= 15 is 0 Å². The normalized spacial score (nSPS) is 18.5. The van der Waals surface area contributed by atoms with Gasteiger partial charge in [-0.25, -0.2) is 0 Å². The number of nitrogens with zero attached hydrogens (tertiary/aromatic N) is 1. The van der Waals surface area contributed by atoms with Crippen LogP contribution in [0.5, 0.6) is 0 Å². The Balaban J connectivity index is 1.58. The van der Waals surface area contributed by atoms with Gasteiger partial charge in [0.2, 0.25) is 0 Å². The van der Waals surface area contributed by atoms with Gasteiger partial charge in [0.05, 0.1) is 0 Å². The number of fused-ring (bicyclic) bond motifs is 3. The van der Waals surface area contributed by atoms with Gasteiger partial charge in [-0.2, -0.15) is 0 Å². The van der Waals surface area contributed by atoms with Gasteiger partial charge in [-0.15, -0.1) is 0 Å². The molecular formula is C24H23NO. The second kappa shape index (κ2) is 6.62. The molecule has 0 aliphatic carbocycles. The molecule has 26 heavy (non-hydrogen) atoms. The molecule has 2 heteroatoms. The minimum atomic E-state index is 0.424. The van der Waals surface area contributed by atoms with Gasteiger partial charge < -0.3 is 4.42 Å². The maximum atomic E-state index is 6.31. The highest BCUT2D eigenvalue weighted by Crippen LogP contribution is 2.39. The van der Waals surface area contributed by atoms with Gasteiger partial charge >= 0.3 is 0 Å². The predicted molar refractivity (Wildman–Crippen MR) is 107 cm³/mol. The number of hydrogen-bond donors (Lipinski definition) is 0. The third-order valence-corrected chi connectivity index (χ3v) is 5.64. The van der Waals surface area contributed by atoms with E-state index in [4.69, 9.17) is 4.42 Å². The number of hydrogen-bond acceptors (Lipinski definition) is 2. The molecule has 5 rings (SSSR count). The SMILES string of the molecule is c1ccc(CN2CCCC[C@@H]2c2cccc3c2oc2ccccc23)cc1. The summed E-state index contributed by atoms with van der Waals surface area (Å²) in [6, 6.07) is 26.3. The topological polar surface area (TPSA) is 16.4 Å². The Morgan fingerprint density at radius 2 is 1.62 bits per heavy atom. The monoisotopic (exact) mass is 341 g/mol. The fourth-order valence-corrected chi connectivity index (χ4v) is 4.38. The number of piperidine rings is 1. The molecule has 2 heterocycles. The third kappa shape index (κ3) is 2.71. The molecule has 3 aromatic carbocycles. The molecule has 0 N–H and O–H groups in total. The van der Waals surface area contributed by atoms with Crippen molar-refractivity contribution in [1.82, 2.24) is 4.90 Å². The van der Waals surface area contributed by atoms with Crippen LogP contribution < -0.4 is 0 Å². The molecule has 1 aromatic heterocycles. The van der Waals surface area contributed by atoms with Gasteiger partial charge in [0.25, 0.3) is 0 Å². The molecule has 0 amide bonds. The summed E-state index contributed by atoms with van der Waals surface area (Å²) >= 11 is 0. The Morgan fingerprint density at radius 3 is 2.54 bits per heavy atom. The smallest absolute Gasteiger partial charge is 0.140 e. The van der Waals surface area contributed by atoms with Crippen LogP contribution in [-0.2, 0) is 6.54 Å². The van der Waals surface area contributed by atoms with Crippen LogP contribution in [0, 0.1) is 0 Å². The van der Waals surface area contributed by atoms with Gasteiger partial charge in [-0.3, -0.25) is 4.90 Å². The first-order chi connectivity index (χ1) is 12.9. The van der Waals surface area contributed by atoms with Crippen molar-refractivity contribution >= 4 is 21.9 Å². The molecule has 1 aliphatic rings. The van der Waals surface area contributed by atoms with E-state index in [9.17, 15) is 0 Å². The Labute approximate surface area is 154 Å². The quantitative estimate of drug-likeness (QED) is 0.434. The average molecular weight is 341 g/mol. The Bertz CT molecular complexity index is 1030. The highest BCUT2D eigenvalue weighted by molar-refractivity contribution is 6.05. The number of benzene rings is 3. The van der Waals surface area contributed by atoms with Crippen molar-refractivity contribution in [2.75, 3.05) is 6.54 Å². The van der Waals surface area contributed by atoms with E-state index in [0.717, 1.165) is 24.3 Å². The molecule has 1 atom stereocenters. The lowest BCUT2D eigenvalue weighted by atomic mass is 9.93. The van der Waals surface area contributed by atoms with Gasteiger partial charge in [-0.05, 0) is 31.0 Å². The number of rotatable bonds is 3. The van der Waals surface area contributed by atoms with E-state index < -0.39 is 0 Å². The summed E-state index contributed by atoms with van der Waals surface area (Å²) in [4.78, 5) is 2.63. The number of likely N-dealkylation sites (tertiary alicyclic amines) is 1. The molecule has 2 nitrogen and oxygen atoms in total. The second-order valence-electron chi connectivity index (χ2n) is 7.29. The summed E-state index contributed by atoms with van der Waals surface area (Å²) in [7, 11) is 0. The molecular weight excluding hydrogens is 318 g/mol. The highest BCUT2D eigenvalue weighted by atomic mass is 16.3. The lowest BCUT2D eigenvalue weighted by molar-refractivity contribution is 0.141. The first-order valence-corrected chi connectivity index (χ1v) is 9.58. The lowest BCUT2D eigenvalue weighted by Crippen LogP contribution is -2.33. The van der Waals surface area contributed by atoms with Crippen molar-refractivity contribution in [3.63, 3.8) is 0 Å². The average Bonchev–Trinajstić information content (AvgIpc) is 3.08. The Morgan fingerprint density at radius 1 is 0.808 bits per heavy atom. The van der Waals surface area contributed by atoms with Crippen LogP contribution in [0.25, 0.3) is 21.9 Å². The first-order valence-electron chi connectivity index (χ1n) is 9.58. The first kappa shape index (κ1) is 15.7. The van der Waals surface area contributed by atoms with E-state index in [0.29, 0.717) is 6.04 Å². The lowest BCUT2D eigenvalue weighted by Gasteiger charge is -2.36. The van der Waals surface area contributed by atoms with Crippen LogP contribution in [0.1, 0.15) is 36.4 Å². The molecule has 0 radical (unpaired) electrons. The van der Waals surface area contributed by atoms with E-state index in [2.05, 4.69) is 71.6 Å².